The zero-order valence-corrected chi connectivity index (χ0v) is 17.3. The number of hydrogen-bond acceptors (Lipinski definition) is 6. The molecule has 0 spiro atoms. The molecular weight excluding hydrogens is 345 g/mol. The second-order valence-electron chi connectivity index (χ2n) is 7.32. The average Bonchev–Trinajstić information content (AvgIpc) is 2.51. The van der Waals surface area contributed by atoms with E-state index in [0.717, 1.165) is 13.1 Å². The van der Waals surface area contributed by atoms with Crippen LogP contribution in [0.5, 0.6) is 0 Å². The highest BCUT2D eigenvalue weighted by Gasteiger charge is 2.41. The second kappa shape index (κ2) is 9.24. The smallest absolute Gasteiger partial charge is 0.345 e. The third-order valence-electron chi connectivity index (χ3n) is 4.46. The summed E-state index contributed by atoms with van der Waals surface area (Å²) in [4.78, 5) is 2.22. The van der Waals surface area contributed by atoms with Gasteiger partial charge in [-0.15, -0.1) is 0 Å². The molecule has 0 aromatic heterocycles. The van der Waals surface area contributed by atoms with Gasteiger partial charge in [-0.3, -0.25) is 4.57 Å². The first-order valence-corrected chi connectivity index (χ1v) is 10.4. The molecule has 2 rings (SSSR count). The summed E-state index contributed by atoms with van der Waals surface area (Å²) in [6.45, 7) is 7.59. The van der Waals surface area contributed by atoms with Crippen molar-refractivity contribution in [3.8, 4) is 0 Å². The number of nitrogens with zero attached hydrogens (tertiary/aromatic N) is 3. The Balaban J connectivity index is 2.03. The van der Waals surface area contributed by atoms with Crippen LogP contribution in [-0.4, -0.2) is 106 Å². The van der Waals surface area contributed by atoms with Gasteiger partial charge in [0.05, 0.1) is 37.6 Å². The van der Waals surface area contributed by atoms with Gasteiger partial charge < -0.3 is 23.6 Å². The van der Waals surface area contributed by atoms with Crippen molar-refractivity contribution in [3.63, 3.8) is 0 Å². The highest BCUT2D eigenvalue weighted by molar-refractivity contribution is 7.53. The first-order chi connectivity index (χ1) is 11.7. The molecule has 148 valence electrons. The molecule has 2 heterocycles. The molecule has 25 heavy (non-hydrogen) atoms. The molecule has 8 nitrogen and oxygen atoms in total. The van der Waals surface area contributed by atoms with Crippen LogP contribution in [0.3, 0.4) is 0 Å². The monoisotopic (exact) mass is 379 g/mol. The molecule has 2 saturated heterocycles. The number of rotatable bonds is 7. The van der Waals surface area contributed by atoms with Gasteiger partial charge in [-0.05, 0) is 35.0 Å². The summed E-state index contributed by atoms with van der Waals surface area (Å²) in [5.41, 5.74) is 0. The Morgan fingerprint density at radius 1 is 1.04 bits per heavy atom. The van der Waals surface area contributed by atoms with Gasteiger partial charge in [-0.2, -0.15) is 0 Å². The fourth-order valence-electron chi connectivity index (χ4n) is 3.50. The second-order valence-corrected chi connectivity index (χ2v) is 9.92. The van der Waals surface area contributed by atoms with Crippen molar-refractivity contribution in [3.05, 3.63) is 0 Å². The first kappa shape index (κ1) is 21.3. The van der Waals surface area contributed by atoms with Crippen molar-refractivity contribution in [2.24, 2.45) is 0 Å². The summed E-state index contributed by atoms with van der Waals surface area (Å²) >= 11 is 0. The van der Waals surface area contributed by atoms with Crippen LogP contribution in [-0.2, 0) is 23.3 Å². The Labute approximate surface area is 151 Å². The Bertz CT molecular complexity index is 457. The lowest BCUT2D eigenvalue weighted by atomic mass is 10.2. The highest BCUT2D eigenvalue weighted by Crippen LogP contribution is 2.53. The van der Waals surface area contributed by atoms with Crippen molar-refractivity contribution in [1.29, 1.82) is 0 Å². The number of methoxy groups -OCH3 is 1. The fourth-order valence-corrected chi connectivity index (χ4v) is 5.59. The van der Waals surface area contributed by atoms with Gasteiger partial charge in [0.2, 0.25) is 0 Å². The molecule has 0 amide bonds. The molecule has 5 atom stereocenters. The van der Waals surface area contributed by atoms with Crippen LogP contribution < -0.4 is 0 Å². The molecule has 9 heteroatoms. The number of morpholine rings is 2. The average molecular weight is 379 g/mol. The van der Waals surface area contributed by atoms with E-state index in [2.05, 4.69) is 11.9 Å². The molecule has 0 bridgehead atoms. The summed E-state index contributed by atoms with van der Waals surface area (Å²) in [6, 6.07) is 0. The van der Waals surface area contributed by atoms with Crippen LogP contribution in [0, 0.1) is 0 Å². The predicted octanol–water partition coefficient (Wildman–Crippen LogP) is 1.13. The van der Waals surface area contributed by atoms with Crippen molar-refractivity contribution < 1.29 is 23.3 Å². The molecule has 5 unspecified atom stereocenters. The maximum Gasteiger partial charge on any atom is 0.345 e. The Hall–Kier alpha value is -0.0500. The van der Waals surface area contributed by atoms with E-state index in [1.54, 1.807) is 25.9 Å². The van der Waals surface area contributed by atoms with E-state index < -0.39 is 7.67 Å². The van der Waals surface area contributed by atoms with Gasteiger partial charge in [0.25, 0.3) is 0 Å². The van der Waals surface area contributed by atoms with Crippen molar-refractivity contribution in [1.82, 2.24) is 14.2 Å². The third kappa shape index (κ3) is 5.71. The van der Waals surface area contributed by atoms with Crippen molar-refractivity contribution in [2.45, 2.75) is 38.3 Å². The zero-order valence-electron chi connectivity index (χ0n) is 16.4. The lowest BCUT2D eigenvalue weighted by Gasteiger charge is -2.42. The minimum Gasteiger partial charge on any atom is -0.382 e. The van der Waals surface area contributed by atoms with Crippen LogP contribution in [0.2, 0.25) is 0 Å². The lowest BCUT2D eigenvalue weighted by molar-refractivity contribution is -0.0955. The molecule has 0 aliphatic carbocycles. The Kier molecular flexibility index (Phi) is 7.85. The van der Waals surface area contributed by atoms with E-state index in [9.17, 15) is 4.57 Å². The minimum atomic E-state index is -3.14. The van der Waals surface area contributed by atoms with Crippen LogP contribution in [0.15, 0.2) is 0 Å². The highest BCUT2D eigenvalue weighted by atomic mass is 31.2. The summed E-state index contributed by atoms with van der Waals surface area (Å²) in [7, 11) is 4.16. The Morgan fingerprint density at radius 3 is 2.20 bits per heavy atom. The first-order valence-electron chi connectivity index (χ1n) is 8.90. The van der Waals surface area contributed by atoms with Crippen LogP contribution in [0.4, 0.5) is 0 Å². The molecule has 0 saturated carbocycles. The number of hydrogen-bond donors (Lipinski definition) is 0. The molecular formula is C16H34N3O5P. The van der Waals surface area contributed by atoms with Gasteiger partial charge in [-0.1, -0.05) is 0 Å². The normalized spacial score (nSPS) is 35.0. The molecule has 2 aliphatic rings. The van der Waals surface area contributed by atoms with Crippen LogP contribution in [0.1, 0.15) is 13.8 Å². The van der Waals surface area contributed by atoms with E-state index in [-0.39, 0.29) is 24.4 Å². The van der Waals surface area contributed by atoms with E-state index in [4.69, 9.17) is 18.7 Å². The summed E-state index contributed by atoms with van der Waals surface area (Å²) < 4.78 is 40.2. The van der Waals surface area contributed by atoms with Gasteiger partial charge >= 0.3 is 7.67 Å². The van der Waals surface area contributed by atoms with Crippen molar-refractivity contribution in [2.75, 3.05) is 67.6 Å². The molecule has 0 aromatic carbocycles. The number of likely N-dealkylation sites (N-methyl/N-ethyl adjacent to an activating group) is 1. The molecule has 0 N–H and O–H groups in total. The molecule has 0 aromatic rings. The summed E-state index contributed by atoms with van der Waals surface area (Å²) in [5, 5.41) is 0. The van der Waals surface area contributed by atoms with E-state index in [1.165, 1.54) is 0 Å². The van der Waals surface area contributed by atoms with Crippen molar-refractivity contribution >= 4 is 7.67 Å². The maximum absolute atomic E-state index is 13.6. The van der Waals surface area contributed by atoms with Gasteiger partial charge in [0.15, 0.2) is 0 Å². The lowest BCUT2D eigenvalue weighted by Crippen LogP contribution is -2.49. The fraction of sp³-hybridized carbons (Fsp3) is 1.00. The maximum atomic E-state index is 13.6. The largest absolute Gasteiger partial charge is 0.382 e. The summed E-state index contributed by atoms with van der Waals surface area (Å²) in [5.74, 6) is 0. The van der Waals surface area contributed by atoms with Crippen LogP contribution in [0.25, 0.3) is 0 Å². The van der Waals surface area contributed by atoms with E-state index >= 15 is 0 Å². The minimum absolute atomic E-state index is 0.0251. The van der Waals surface area contributed by atoms with Gasteiger partial charge in [0.1, 0.15) is 0 Å². The molecule has 2 fully saturated rings. The number of ether oxygens (including phenoxy) is 3. The summed E-state index contributed by atoms with van der Waals surface area (Å²) in [6.07, 6.45) is -0.0542. The third-order valence-corrected chi connectivity index (χ3v) is 7.00. The van der Waals surface area contributed by atoms with Gasteiger partial charge in [-0.25, -0.2) is 9.34 Å². The topological polar surface area (TPSA) is 63.7 Å². The van der Waals surface area contributed by atoms with Crippen LogP contribution >= 0.6 is 7.67 Å². The Morgan fingerprint density at radius 2 is 1.64 bits per heavy atom. The van der Waals surface area contributed by atoms with E-state index in [0.29, 0.717) is 26.3 Å². The van der Waals surface area contributed by atoms with Gasteiger partial charge in [0, 0.05) is 33.3 Å². The predicted molar refractivity (Wildman–Crippen MR) is 96.9 cm³/mol. The standard InChI is InChI=1S/C16H34N3O5P/c1-13-7-18(5)9-15(23-13)12-22-25(20,17(3)4)19-8-14(2)24-16(10-19)11-21-6/h13-16H,7-12H2,1-6H3. The zero-order chi connectivity index (χ0) is 18.6. The molecule has 0 radical (unpaired) electrons. The molecule has 2 aliphatic heterocycles. The van der Waals surface area contributed by atoms with E-state index in [1.807, 2.05) is 18.5 Å². The SMILES string of the molecule is COCC1CN(P(=O)(OCC2CN(C)CC(C)O2)N(C)C)CC(C)O1. The quantitative estimate of drug-likeness (QED) is 0.610.